The van der Waals surface area contributed by atoms with Gasteiger partial charge in [0.15, 0.2) is 0 Å². The summed E-state index contributed by atoms with van der Waals surface area (Å²) in [6.07, 6.45) is 7.03. The van der Waals surface area contributed by atoms with Crippen LogP contribution in [-0.2, 0) is 0 Å². The molecule has 0 aliphatic heterocycles. The fraction of sp³-hybridized carbons (Fsp3) is 0.429. The van der Waals surface area contributed by atoms with E-state index in [-0.39, 0.29) is 0 Å². The lowest BCUT2D eigenvalue weighted by atomic mass is 10.1. The van der Waals surface area contributed by atoms with E-state index in [9.17, 15) is 0 Å². The number of hydrogen-bond donors (Lipinski definition) is 0. The number of aromatic nitrogens is 3. The van der Waals surface area contributed by atoms with E-state index >= 15 is 0 Å². The number of rotatable bonds is 6. The minimum absolute atomic E-state index is 0.478. The second-order valence-electron chi connectivity index (χ2n) is 7.51. The van der Waals surface area contributed by atoms with Crippen molar-refractivity contribution >= 4 is 22.6 Å². The average molecular weight is 384 g/mol. The van der Waals surface area contributed by atoms with Crippen molar-refractivity contribution in [3.63, 3.8) is 0 Å². The first-order chi connectivity index (χ1) is 13.2. The predicted molar refractivity (Wildman–Crippen MR) is 106 cm³/mol. The summed E-state index contributed by atoms with van der Waals surface area (Å²) in [4.78, 5) is 9.43. The number of imidazole rings is 1. The van der Waals surface area contributed by atoms with Crippen LogP contribution in [0, 0.1) is 11.8 Å². The molecule has 0 saturated heterocycles. The molecule has 2 fully saturated rings. The van der Waals surface area contributed by atoms with Crippen LogP contribution in [0.4, 0.5) is 0 Å². The van der Waals surface area contributed by atoms with Crippen molar-refractivity contribution in [3.8, 4) is 23.0 Å². The zero-order valence-corrected chi connectivity index (χ0v) is 16.2. The number of nitrogens with zero attached hydrogens (tertiary/aromatic N) is 3. The second kappa shape index (κ2) is 6.41. The van der Waals surface area contributed by atoms with Crippen LogP contribution in [0.5, 0.6) is 11.8 Å². The number of benzene rings is 1. The molecule has 1 aromatic carbocycles. The van der Waals surface area contributed by atoms with Crippen LogP contribution in [0.2, 0.25) is 5.02 Å². The third kappa shape index (κ3) is 2.85. The molecule has 2 heterocycles. The maximum Gasteiger partial charge on any atom is 0.297 e. The van der Waals surface area contributed by atoms with Gasteiger partial charge in [0.25, 0.3) is 6.01 Å². The molecule has 5 nitrogen and oxygen atoms in total. The Morgan fingerprint density at radius 2 is 1.81 bits per heavy atom. The van der Waals surface area contributed by atoms with Crippen molar-refractivity contribution in [3.05, 3.63) is 35.5 Å². The molecule has 3 aromatic rings. The van der Waals surface area contributed by atoms with Gasteiger partial charge in [-0.05, 0) is 61.8 Å². The maximum absolute atomic E-state index is 6.52. The summed E-state index contributed by atoms with van der Waals surface area (Å²) >= 11 is 6.52. The van der Waals surface area contributed by atoms with E-state index in [1.807, 2.05) is 30.5 Å². The first kappa shape index (κ1) is 16.9. The molecule has 5 rings (SSSR count). The topological polar surface area (TPSA) is 49.2 Å². The highest BCUT2D eigenvalue weighted by atomic mass is 35.5. The number of fused-ring (bicyclic) bond motifs is 1. The summed E-state index contributed by atoms with van der Waals surface area (Å²) in [6.45, 7) is 0. The van der Waals surface area contributed by atoms with Gasteiger partial charge in [-0.1, -0.05) is 11.6 Å². The second-order valence-corrected chi connectivity index (χ2v) is 7.91. The predicted octanol–water partition coefficient (Wildman–Crippen LogP) is 5.13. The van der Waals surface area contributed by atoms with Gasteiger partial charge in [0, 0.05) is 17.8 Å². The minimum atomic E-state index is 0.478. The smallest absolute Gasteiger partial charge is 0.297 e. The van der Waals surface area contributed by atoms with Crippen molar-refractivity contribution in [2.75, 3.05) is 14.2 Å². The molecule has 0 N–H and O–H groups in total. The zero-order valence-electron chi connectivity index (χ0n) is 15.5. The molecule has 0 amide bonds. The van der Waals surface area contributed by atoms with E-state index in [0.29, 0.717) is 17.1 Å². The number of methoxy groups -OCH3 is 2. The summed E-state index contributed by atoms with van der Waals surface area (Å²) in [6, 6.07) is 8.84. The minimum Gasteiger partial charge on any atom is -0.497 e. The lowest BCUT2D eigenvalue weighted by molar-refractivity contribution is 0.310. The summed E-state index contributed by atoms with van der Waals surface area (Å²) < 4.78 is 13.3. The van der Waals surface area contributed by atoms with Crippen LogP contribution in [-0.4, -0.2) is 28.8 Å². The monoisotopic (exact) mass is 383 g/mol. The Bertz CT molecular complexity index is 996. The molecule has 0 radical (unpaired) electrons. The van der Waals surface area contributed by atoms with Gasteiger partial charge in [-0.25, -0.2) is 0 Å². The highest BCUT2D eigenvalue weighted by Crippen LogP contribution is 2.54. The molecule has 27 heavy (non-hydrogen) atoms. The van der Waals surface area contributed by atoms with Crippen molar-refractivity contribution < 1.29 is 9.47 Å². The largest absolute Gasteiger partial charge is 0.497 e. The summed E-state index contributed by atoms with van der Waals surface area (Å²) in [5, 5.41) is 0.601. The van der Waals surface area contributed by atoms with E-state index in [4.69, 9.17) is 26.1 Å². The van der Waals surface area contributed by atoms with E-state index in [1.165, 1.54) is 25.7 Å². The third-order valence-electron chi connectivity index (χ3n) is 5.70. The van der Waals surface area contributed by atoms with E-state index in [0.717, 1.165) is 39.9 Å². The number of hydrogen-bond acceptors (Lipinski definition) is 4. The summed E-state index contributed by atoms with van der Waals surface area (Å²) in [5.41, 5.74) is 3.55. The molecule has 140 valence electrons. The SMILES string of the molecule is COc1ccc(-c2nccc3c2nc(OC)n3C(C2CC2)C2CC2)c(Cl)c1. The van der Waals surface area contributed by atoms with Crippen LogP contribution in [0.1, 0.15) is 31.7 Å². The first-order valence-electron chi connectivity index (χ1n) is 9.46. The van der Waals surface area contributed by atoms with E-state index < -0.39 is 0 Å². The molecule has 2 aromatic heterocycles. The van der Waals surface area contributed by atoms with Crippen LogP contribution in [0.25, 0.3) is 22.3 Å². The quantitative estimate of drug-likeness (QED) is 0.592. The van der Waals surface area contributed by atoms with Gasteiger partial charge in [0.2, 0.25) is 0 Å². The summed E-state index contributed by atoms with van der Waals surface area (Å²) in [7, 11) is 3.33. The van der Waals surface area contributed by atoms with Gasteiger partial charge in [-0.2, -0.15) is 4.98 Å². The van der Waals surface area contributed by atoms with Crippen LogP contribution < -0.4 is 9.47 Å². The fourth-order valence-corrected chi connectivity index (χ4v) is 4.39. The van der Waals surface area contributed by atoms with E-state index in [1.54, 1.807) is 14.2 Å². The maximum atomic E-state index is 6.52. The van der Waals surface area contributed by atoms with Crippen molar-refractivity contribution in [1.29, 1.82) is 0 Å². The molecular weight excluding hydrogens is 362 g/mol. The molecule has 6 heteroatoms. The Kier molecular flexibility index (Phi) is 4.01. The third-order valence-corrected chi connectivity index (χ3v) is 6.01. The molecule has 0 unspecified atom stereocenters. The van der Waals surface area contributed by atoms with Crippen molar-refractivity contribution in [2.24, 2.45) is 11.8 Å². The highest BCUT2D eigenvalue weighted by Gasteiger charge is 2.44. The van der Waals surface area contributed by atoms with Crippen LogP contribution >= 0.6 is 11.6 Å². The highest BCUT2D eigenvalue weighted by molar-refractivity contribution is 6.33. The molecule has 2 aliphatic carbocycles. The average Bonchev–Trinajstić information content (AvgIpc) is 3.60. The molecule has 2 aliphatic rings. The number of pyridine rings is 1. The standard InChI is InChI=1S/C21H22ClN3O2/c1-26-14-7-8-15(16(22)11-14)18-19-17(9-10-23-18)25(21(24-19)27-2)20(12-3-4-12)13-5-6-13/h7-13,20H,3-6H2,1-2H3. The lowest BCUT2D eigenvalue weighted by Crippen LogP contribution is -2.14. The Morgan fingerprint density at radius 1 is 1.07 bits per heavy atom. The van der Waals surface area contributed by atoms with Gasteiger partial charge in [-0.15, -0.1) is 0 Å². The number of halogens is 1. The van der Waals surface area contributed by atoms with Gasteiger partial charge in [0.1, 0.15) is 11.3 Å². The lowest BCUT2D eigenvalue weighted by Gasteiger charge is -2.20. The Hall–Kier alpha value is -2.27. The summed E-state index contributed by atoms with van der Waals surface area (Å²) in [5.74, 6) is 2.21. The molecular formula is C21H22ClN3O2. The van der Waals surface area contributed by atoms with Gasteiger partial charge >= 0.3 is 0 Å². The van der Waals surface area contributed by atoms with E-state index in [2.05, 4.69) is 9.55 Å². The van der Waals surface area contributed by atoms with Gasteiger partial charge in [0.05, 0.1) is 30.5 Å². The molecule has 2 saturated carbocycles. The van der Waals surface area contributed by atoms with Crippen LogP contribution in [0.3, 0.4) is 0 Å². The normalized spacial score (nSPS) is 16.9. The Morgan fingerprint density at radius 3 is 2.41 bits per heavy atom. The number of ether oxygens (including phenoxy) is 2. The Balaban J connectivity index is 1.70. The van der Waals surface area contributed by atoms with Crippen molar-refractivity contribution in [1.82, 2.24) is 14.5 Å². The van der Waals surface area contributed by atoms with Crippen molar-refractivity contribution in [2.45, 2.75) is 31.7 Å². The zero-order chi connectivity index (χ0) is 18.5. The van der Waals surface area contributed by atoms with Gasteiger partial charge < -0.3 is 9.47 Å². The fourth-order valence-electron chi connectivity index (χ4n) is 4.13. The molecule has 0 bridgehead atoms. The van der Waals surface area contributed by atoms with Crippen LogP contribution in [0.15, 0.2) is 30.5 Å². The van der Waals surface area contributed by atoms with Gasteiger partial charge in [-0.3, -0.25) is 9.55 Å². The first-order valence-corrected chi connectivity index (χ1v) is 9.84. The Labute approximate surface area is 163 Å². The molecule has 0 atom stereocenters. The molecule has 0 spiro atoms.